The fraction of sp³-hybridized carbons (Fsp3) is 0. The third kappa shape index (κ3) is 5.37. The monoisotopic (exact) mass is 661 g/mol. The second kappa shape index (κ2) is 12.4. The van der Waals surface area contributed by atoms with Crippen LogP contribution in [0.15, 0.2) is 188 Å². The Hall–Kier alpha value is -6.97. The van der Waals surface area contributed by atoms with Crippen molar-refractivity contribution in [2.45, 2.75) is 0 Å². The Morgan fingerprint density at radius 3 is 1.33 bits per heavy atom. The molecule has 0 aliphatic carbocycles. The van der Waals surface area contributed by atoms with Gasteiger partial charge in [-0.1, -0.05) is 164 Å². The van der Waals surface area contributed by atoms with Gasteiger partial charge in [0.2, 0.25) is 0 Å². The summed E-state index contributed by atoms with van der Waals surface area (Å²) >= 11 is 0. The highest BCUT2D eigenvalue weighted by Crippen LogP contribution is 2.36. The molecule has 0 fully saturated rings. The largest absolute Gasteiger partial charge is 0.208 e. The number of fused-ring (bicyclic) bond motifs is 4. The van der Waals surface area contributed by atoms with Crippen LogP contribution >= 0.6 is 0 Å². The predicted octanol–water partition coefficient (Wildman–Crippen LogP) is 12.8. The van der Waals surface area contributed by atoms with Crippen molar-refractivity contribution in [2.24, 2.45) is 0 Å². The van der Waals surface area contributed by atoms with Crippen LogP contribution in [0.25, 0.3) is 99.5 Å². The molecule has 10 rings (SSSR count). The second-order valence-electron chi connectivity index (χ2n) is 13.3. The number of hydrogen-bond acceptors (Lipinski definition) is 3. The summed E-state index contributed by atoms with van der Waals surface area (Å²) in [6, 6.07) is 66.6. The second-order valence-corrected chi connectivity index (χ2v) is 13.3. The van der Waals surface area contributed by atoms with Gasteiger partial charge in [0, 0.05) is 16.7 Å². The van der Waals surface area contributed by atoms with Crippen molar-refractivity contribution in [3.8, 4) is 56.4 Å². The highest BCUT2D eigenvalue weighted by Gasteiger charge is 2.17. The normalized spacial score (nSPS) is 11.5. The Kier molecular flexibility index (Phi) is 7.14. The summed E-state index contributed by atoms with van der Waals surface area (Å²) in [5.41, 5.74) is 7.50. The van der Waals surface area contributed by atoms with Crippen LogP contribution in [0, 0.1) is 0 Å². The molecule has 10 aromatic rings. The Balaban J connectivity index is 1.11. The van der Waals surface area contributed by atoms with Crippen LogP contribution in [-0.4, -0.2) is 15.0 Å². The van der Waals surface area contributed by atoms with E-state index in [1.165, 1.54) is 38.1 Å². The first-order chi connectivity index (χ1) is 25.7. The average molecular weight is 662 g/mol. The Bertz CT molecular complexity index is 2970. The van der Waals surface area contributed by atoms with E-state index in [0.29, 0.717) is 17.5 Å². The van der Waals surface area contributed by atoms with Gasteiger partial charge in [-0.05, 0) is 89.6 Å². The summed E-state index contributed by atoms with van der Waals surface area (Å²) in [5.74, 6) is 1.94. The lowest BCUT2D eigenvalue weighted by molar-refractivity contribution is 1.08. The first-order valence-corrected chi connectivity index (χ1v) is 17.6. The topological polar surface area (TPSA) is 38.7 Å². The molecule has 9 aromatic carbocycles. The van der Waals surface area contributed by atoms with Crippen molar-refractivity contribution in [1.82, 2.24) is 15.0 Å². The smallest absolute Gasteiger partial charge is 0.164 e. The Morgan fingerprint density at radius 2 is 0.635 bits per heavy atom. The van der Waals surface area contributed by atoms with Gasteiger partial charge < -0.3 is 0 Å². The van der Waals surface area contributed by atoms with E-state index < -0.39 is 0 Å². The minimum absolute atomic E-state index is 0.642. The molecule has 0 saturated carbocycles. The van der Waals surface area contributed by atoms with Gasteiger partial charge in [-0.3, -0.25) is 0 Å². The maximum atomic E-state index is 5.20. The summed E-state index contributed by atoms with van der Waals surface area (Å²) in [7, 11) is 0. The summed E-state index contributed by atoms with van der Waals surface area (Å²) < 4.78 is 0. The molecule has 0 unspecified atom stereocenters. The van der Waals surface area contributed by atoms with E-state index in [0.717, 1.165) is 44.0 Å². The van der Waals surface area contributed by atoms with Crippen LogP contribution in [0.5, 0.6) is 0 Å². The highest BCUT2D eigenvalue weighted by atomic mass is 15.0. The zero-order chi connectivity index (χ0) is 34.4. The van der Waals surface area contributed by atoms with Crippen molar-refractivity contribution >= 4 is 43.1 Å². The number of hydrogen-bond donors (Lipinski definition) is 0. The lowest BCUT2D eigenvalue weighted by Crippen LogP contribution is -2.01. The van der Waals surface area contributed by atoms with Crippen LogP contribution in [0.4, 0.5) is 0 Å². The number of nitrogens with zero attached hydrogens (tertiary/aromatic N) is 3. The lowest BCUT2D eigenvalue weighted by Gasteiger charge is -2.14. The van der Waals surface area contributed by atoms with Crippen molar-refractivity contribution in [3.05, 3.63) is 188 Å². The maximum Gasteiger partial charge on any atom is 0.164 e. The van der Waals surface area contributed by atoms with Gasteiger partial charge in [-0.25, -0.2) is 15.0 Å². The number of rotatable bonds is 5. The number of benzene rings is 9. The van der Waals surface area contributed by atoms with Gasteiger partial charge in [0.05, 0.1) is 0 Å². The van der Waals surface area contributed by atoms with Crippen LogP contribution in [0.2, 0.25) is 0 Å². The summed E-state index contributed by atoms with van der Waals surface area (Å²) in [5, 5.41) is 9.46. The minimum Gasteiger partial charge on any atom is -0.208 e. The van der Waals surface area contributed by atoms with Crippen molar-refractivity contribution in [3.63, 3.8) is 0 Å². The summed E-state index contributed by atoms with van der Waals surface area (Å²) in [4.78, 5) is 15.5. The maximum absolute atomic E-state index is 5.20. The molecule has 0 aliphatic heterocycles. The minimum atomic E-state index is 0.642. The van der Waals surface area contributed by atoms with E-state index in [1.54, 1.807) is 0 Å². The third-order valence-electron chi connectivity index (χ3n) is 10.1. The molecule has 0 spiro atoms. The van der Waals surface area contributed by atoms with Crippen molar-refractivity contribution < 1.29 is 0 Å². The SMILES string of the molecule is c1ccc(-c2nc(-c3ccc4ccccc4c3)nc(-c3cccc4ccccc34)n2)c(-c2ccc3cc(-c4ccc5ccccc5c4)ccc3c2)c1. The molecule has 0 radical (unpaired) electrons. The van der Waals surface area contributed by atoms with E-state index in [1.807, 2.05) is 0 Å². The van der Waals surface area contributed by atoms with E-state index in [9.17, 15) is 0 Å². The molecular formula is C49H31N3. The molecule has 52 heavy (non-hydrogen) atoms. The van der Waals surface area contributed by atoms with Crippen LogP contribution in [-0.2, 0) is 0 Å². The van der Waals surface area contributed by atoms with Crippen molar-refractivity contribution in [1.29, 1.82) is 0 Å². The molecule has 3 heteroatoms. The zero-order valence-electron chi connectivity index (χ0n) is 28.2. The molecule has 0 amide bonds. The summed E-state index contributed by atoms with van der Waals surface area (Å²) in [6.45, 7) is 0. The fourth-order valence-electron chi connectivity index (χ4n) is 7.39. The molecule has 0 aliphatic rings. The van der Waals surface area contributed by atoms with Gasteiger partial charge in [-0.2, -0.15) is 0 Å². The van der Waals surface area contributed by atoms with Crippen molar-refractivity contribution in [2.75, 3.05) is 0 Å². The Morgan fingerprint density at radius 1 is 0.231 bits per heavy atom. The van der Waals surface area contributed by atoms with Crippen LogP contribution in [0.1, 0.15) is 0 Å². The lowest BCUT2D eigenvalue weighted by atomic mass is 9.94. The molecule has 242 valence electrons. The predicted molar refractivity (Wildman–Crippen MR) is 217 cm³/mol. The summed E-state index contributed by atoms with van der Waals surface area (Å²) in [6.07, 6.45) is 0. The molecule has 0 saturated heterocycles. The molecular weight excluding hydrogens is 631 g/mol. The first kappa shape index (κ1) is 29.9. The zero-order valence-corrected chi connectivity index (χ0v) is 28.2. The van der Waals surface area contributed by atoms with Gasteiger partial charge in [0.1, 0.15) is 0 Å². The first-order valence-electron chi connectivity index (χ1n) is 17.6. The molecule has 1 aromatic heterocycles. The van der Waals surface area contributed by atoms with Gasteiger partial charge in [-0.15, -0.1) is 0 Å². The van der Waals surface area contributed by atoms with Crippen LogP contribution in [0.3, 0.4) is 0 Å². The average Bonchev–Trinajstić information content (AvgIpc) is 3.22. The number of aromatic nitrogens is 3. The van der Waals surface area contributed by atoms with Crippen LogP contribution < -0.4 is 0 Å². The van der Waals surface area contributed by atoms with E-state index in [-0.39, 0.29) is 0 Å². The van der Waals surface area contributed by atoms with Gasteiger partial charge in [0.25, 0.3) is 0 Å². The third-order valence-corrected chi connectivity index (χ3v) is 10.1. The fourth-order valence-corrected chi connectivity index (χ4v) is 7.39. The molecule has 0 N–H and O–H groups in total. The molecule has 0 atom stereocenters. The van der Waals surface area contributed by atoms with E-state index in [2.05, 4.69) is 188 Å². The quantitative estimate of drug-likeness (QED) is 0.184. The van der Waals surface area contributed by atoms with E-state index in [4.69, 9.17) is 15.0 Å². The van der Waals surface area contributed by atoms with Gasteiger partial charge in [0.15, 0.2) is 17.5 Å². The standard InChI is InChI=1S/C49H31N3/c1-3-13-35-28-37(22-20-32(35)10-1)38-23-24-40-30-41(26-25-39(40)29-38)44-17-7-8-18-45(44)48-50-47(42-27-21-33-11-2-4-14-36(33)31-42)51-49(52-48)46-19-9-15-34-12-5-6-16-43(34)46/h1-31H. The molecule has 1 heterocycles. The molecule has 0 bridgehead atoms. The van der Waals surface area contributed by atoms with Gasteiger partial charge >= 0.3 is 0 Å². The molecule has 3 nitrogen and oxygen atoms in total. The van der Waals surface area contributed by atoms with E-state index >= 15 is 0 Å². The highest BCUT2D eigenvalue weighted by molar-refractivity contribution is 5.97. The Labute approximate surface area is 301 Å².